The molecule has 0 bridgehead atoms. The van der Waals surface area contributed by atoms with Crippen molar-refractivity contribution < 1.29 is 14.7 Å². The number of hydrogen-bond acceptors (Lipinski definition) is 3. The molecule has 2 N–H and O–H groups in total. The maximum atomic E-state index is 12.2. The number of hydrogen-bond donors (Lipinski definition) is 2. The Bertz CT molecular complexity index is 509. The quantitative estimate of drug-likeness (QED) is 0.877. The lowest BCUT2D eigenvalue weighted by molar-refractivity contribution is -0.141. The van der Waals surface area contributed by atoms with Gasteiger partial charge < -0.3 is 10.4 Å². The van der Waals surface area contributed by atoms with Crippen LogP contribution in [0, 0.1) is 12.8 Å². The fourth-order valence-electron chi connectivity index (χ4n) is 2.74. The Labute approximate surface area is 123 Å². The summed E-state index contributed by atoms with van der Waals surface area (Å²) in [7, 11) is 0. The molecule has 5 heteroatoms. The van der Waals surface area contributed by atoms with E-state index in [1.807, 2.05) is 13.0 Å². The Morgan fingerprint density at radius 1 is 1.45 bits per heavy atom. The number of carboxylic acid groups (broad SMARTS) is 1. The van der Waals surface area contributed by atoms with Gasteiger partial charge in [-0.25, -0.2) is 0 Å². The molecule has 1 fully saturated rings. The maximum absolute atomic E-state index is 12.2. The van der Waals surface area contributed by atoms with Crippen molar-refractivity contribution in [3.63, 3.8) is 0 Å². The molecular formula is C15H21NO3S. The van der Waals surface area contributed by atoms with Crippen molar-refractivity contribution >= 4 is 23.2 Å². The lowest BCUT2D eigenvalue weighted by atomic mass is 10.1. The smallest absolute Gasteiger partial charge is 0.306 e. The van der Waals surface area contributed by atoms with Gasteiger partial charge in [0.1, 0.15) is 0 Å². The van der Waals surface area contributed by atoms with Gasteiger partial charge in [0.25, 0.3) is 5.91 Å². The van der Waals surface area contributed by atoms with Gasteiger partial charge in [0.05, 0.1) is 10.8 Å². The van der Waals surface area contributed by atoms with Crippen molar-refractivity contribution in [2.24, 2.45) is 5.92 Å². The first-order valence-corrected chi connectivity index (χ1v) is 7.95. The molecule has 1 aromatic rings. The van der Waals surface area contributed by atoms with Crippen LogP contribution in [0.15, 0.2) is 6.07 Å². The van der Waals surface area contributed by atoms with Gasteiger partial charge in [0.15, 0.2) is 0 Å². The first-order valence-electron chi connectivity index (χ1n) is 7.14. The normalized spacial score (nSPS) is 21.9. The van der Waals surface area contributed by atoms with E-state index >= 15 is 0 Å². The van der Waals surface area contributed by atoms with Crippen LogP contribution in [0.2, 0.25) is 0 Å². The number of amides is 1. The highest BCUT2D eigenvalue weighted by Gasteiger charge is 2.30. The van der Waals surface area contributed by atoms with Gasteiger partial charge in [-0.1, -0.05) is 13.3 Å². The van der Waals surface area contributed by atoms with E-state index < -0.39 is 5.97 Å². The van der Waals surface area contributed by atoms with Crippen LogP contribution in [0.1, 0.15) is 52.7 Å². The van der Waals surface area contributed by atoms with Crippen LogP contribution in [-0.4, -0.2) is 23.0 Å². The lowest BCUT2D eigenvalue weighted by Crippen LogP contribution is -2.32. The van der Waals surface area contributed by atoms with Crippen LogP contribution >= 0.6 is 11.3 Å². The van der Waals surface area contributed by atoms with Gasteiger partial charge in [-0.3, -0.25) is 9.59 Å². The van der Waals surface area contributed by atoms with Crippen LogP contribution in [0.25, 0.3) is 0 Å². The lowest BCUT2D eigenvalue weighted by Gasteiger charge is -2.11. The summed E-state index contributed by atoms with van der Waals surface area (Å²) in [5.41, 5.74) is 1.25. The Morgan fingerprint density at radius 3 is 2.80 bits per heavy atom. The summed E-state index contributed by atoms with van der Waals surface area (Å²) in [5.74, 6) is -1.11. The van der Waals surface area contributed by atoms with Gasteiger partial charge in [0, 0.05) is 10.9 Å². The van der Waals surface area contributed by atoms with Gasteiger partial charge in [-0.05, 0) is 44.2 Å². The molecule has 2 rings (SSSR count). The van der Waals surface area contributed by atoms with Crippen LogP contribution in [0.3, 0.4) is 0 Å². The van der Waals surface area contributed by atoms with Gasteiger partial charge in [-0.2, -0.15) is 0 Å². The second kappa shape index (κ2) is 6.39. The fraction of sp³-hybridized carbons (Fsp3) is 0.600. The zero-order valence-electron chi connectivity index (χ0n) is 11.9. The summed E-state index contributed by atoms with van der Waals surface area (Å²) in [6, 6.07) is 1.98. The molecule has 1 amide bonds. The predicted molar refractivity (Wildman–Crippen MR) is 79.3 cm³/mol. The zero-order valence-corrected chi connectivity index (χ0v) is 12.8. The number of aryl methyl sites for hydroxylation is 2. The highest BCUT2D eigenvalue weighted by Crippen LogP contribution is 2.27. The Kier molecular flexibility index (Phi) is 4.81. The van der Waals surface area contributed by atoms with Crippen LogP contribution in [0.4, 0.5) is 0 Å². The van der Waals surface area contributed by atoms with Gasteiger partial charge in [0.2, 0.25) is 0 Å². The largest absolute Gasteiger partial charge is 0.481 e. The Balaban J connectivity index is 1.95. The second-order valence-electron chi connectivity index (χ2n) is 5.46. The van der Waals surface area contributed by atoms with Gasteiger partial charge in [-0.15, -0.1) is 11.3 Å². The maximum Gasteiger partial charge on any atom is 0.306 e. The molecule has 1 aliphatic rings. The minimum Gasteiger partial charge on any atom is -0.481 e. The summed E-state index contributed by atoms with van der Waals surface area (Å²) < 4.78 is 0. The van der Waals surface area contributed by atoms with Gasteiger partial charge >= 0.3 is 5.97 Å². The third kappa shape index (κ3) is 3.39. The molecule has 20 heavy (non-hydrogen) atoms. The summed E-state index contributed by atoms with van der Waals surface area (Å²) in [6.45, 7) is 4.17. The van der Waals surface area contributed by atoms with Crippen molar-refractivity contribution in [1.82, 2.24) is 5.32 Å². The second-order valence-corrected chi connectivity index (χ2v) is 6.72. The van der Waals surface area contributed by atoms with Crippen LogP contribution < -0.4 is 5.32 Å². The molecule has 0 saturated heterocycles. The predicted octanol–water partition coefficient (Wildman–Crippen LogP) is 2.99. The number of carbonyl (C=O) groups is 2. The number of thiophene rings is 1. The molecule has 0 unspecified atom stereocenters. The Hall–Kier alpha value is -1.36. The molecular weight excluding hydrogens is 274 g/mol. The zero-order chi connectivity index (χ0) is 14.7. The third-order valence-corrected chi connectivity index (χ3v) is 4.97. The number of aliphatic carboxylic acids is 1. The molecule has 0 aliphatic heterocycles. The number of carbonyl (C=O) groups excluding carboxylic acids is 1. The van der Waals surface area contributed by atoms with E-state index in [9.17, 15) is 9.59 Å². The molecule has 0 spiro atoms. The number of nitrogens with one attached hydrogen (secondary N) is 1. The van der Waals surface area contributed by atoms with Crippen LogP contribution in [0.5, 0.6) is 0 Å². The summed E-state index contributed by atoms with van der Waals surface area (Å²) in [5, 5.41) is 11.9. The molecule has 0 radical (unpaired) electrons. The fourth-order valence-corrected chi connectivity index (χ4v) is 3.72. The van der Waals surface area contributed by atoms with Crippen molar-refractivity contribution in [2.45, 2.75) is 52.0 Å². The highest BCUT2D eigenvalue weighted by atomic mass is 32.1. The molecule has 1 aliphatic carbocycles. The minimum atomic E-state index is -0.751. The minimum absolute atomic E-state index is 0.000585. The third-order valence-electron chi connectivity index (χ3n) is 3.88. The average Bonchev–Trinajstić information content (AvgIpc) is 2.98. The highest BCUT2D eigenvalue weighted by molar-refractivity contribution is 7.14. The van der Waals surface area contributed by atoms with Crippen molar-refractivity contribution in [3.8, 4) is 0 Å². The summed E-state index contributed by atoms with van der Waals surface area (Å²) in [4.78, 5) is 25.1. The van der Waals surface area contributed by atoms with E-state index in [1.165, 1.54) is 21.8 Å². The van der Waals surface area contributed by atoms with Crippen molar-refractivity contribution in [2.75, 3.05) is 0 Å². The molecule has 110 valence electrons. The first-order chi connectivity index (χ1) is 9.51. The standard InChI is InChI=1S/C15H21NO3S/c1-3-4-10-8-13(20-9(10)2)14(17)16-12-6-5-11(7-12)15(18)19/h8,11-12H,3-7H2,1-2H3,(H,16,17)(H,18,19)/t11-,12+/m1/s1. The molecule has 0 aromatic carbocycles. The molecule has 1 aromatic heterocycles. The van der Waals surface area contributed by atoms with Crippen LogP contribution in [-0.2, 0) is 11.2 Å². The first kappa shape index (κ1) is 15.0. The van der Waals surface area contributed by atoms with E-state index in [0.29, 0.717) is 12.8 Å². The van der Waals surface area contributed by atoms with E-state index in [2.05, 4.69) is 12.2 Å². The summed E-state index contributed by atoms with van der Waals surface area (Å²) in [6.07, 6.45) is 4.04. The topological polar surface area (TPSA) is 66.4 Å². The van der Waals surface area contributed by atoms with E-state index in [0.717, 1.165) is 24.1 Å². The summed E-state index contributed by atoms with van der Waals surface area (Å²) >= 11 is 1.52. The Morgan fingerprint density at radius 2 is 2.20 bits per heavy atom. The van der Waals surface area contributed by atoms with E-state index in [-0.39, 0.29) is 17.9 Å². The van der Waals surface area contributed by atoms with Crippen molar-refractivity contribution in [3.05, 3.63) is 21.4 Å². The van der Waals surface area contributed by atoms with E-state index in [4.69, 9.17) is 5.11 Å². The molecule has 2 atom stereocenters. The molecule has 1 saturated carbocycles. The molecule has 1 heterocycles. The average molecular weight is 295 g/mol. The van der Waals surface area contributed by atoms with Crippen molar-refractivity contribution in [1.29, 1.82) is 0 Å². The SMILES string of the molecule is CCCc1cc(C(=O)N[C@H]2CC[C@@H](C(=O)O)C2)sc1C. The van der Waals surface area contributed by atoms with E-state index in [1.54, 1.807) is 0 Å². The monoisotopic (exact) mass is 295 g/mol. The number of carboxylic acids is 1. The number of rotatable bonds is 5. The molecule has 4 nitrogen and oxygen atoms in total.